The summed E-state index contributed by atoms with van der Waals surface area (Å²) < 4.78 is 2.48. The minimum absolute atomic E-state index is 0.163. The second kappa shape index (κ2) is 5.93. The van der Waals surface area contributed by atoms with Crippen LogP contribution in [0.3, 0.4) is 0 Å². The van der Waals surface area contributed by atoms with E-state index < -0.39 is 0 Å². The summed E-state index contributed by atoms with van der Waals surface area (Å²) in [6.45, 7) is 0. The summed E-state index contributed by atoms with van der Waals surface area (Å²) in [7, 11) is 0. The van der Waals surface area contributed by atoms with Gasteiger partial charge >= 0.3 is 0 Å². The van der Waals surface area contributed by atoms with E-state index in [9.17, 15) is 0 Å². The van der Waals surface area contributed by atoms with E-state index in [-0.39, 0.29) is 6.04 Å². The van der Waals surface area contributed by atoms with Crippen molar-refractivity contribution < 1.29 is 0 Å². The van der Waals surface area contributed by atoms with Crippen LogP contribution < -0.4 is 0 Å². The van der Waals surface area contributed by atoms with Crippen molar-refractivity contribution in [2.75, 3.05) is 0 Å². The van der Waals surface area contributed by atoms with E-state index in [4.69, 9.17) is 0 Å². The zero-order valence-corrected chi connectivity index (χ0v) is 15.3. The molecule has 1 unspecified atom stereocenters. The van der Waals surface area contributed by atoms with Crippen LogP contribution >= 0.6 is 0 Å². The van der Waals surface area contributed by atoms with Gasteiger partial charge in [-0.15, -0.1) is 0 Å². The maximum Gasteiger partial charge on any atom is 0.0852 e. The number of fused-ring (bicyclic) bond motifs is 5. The van der Waals surface area contributed by atoms with Gasteiger partial charge in [-0.1, -0.05) is 84.9 Å². The Balaban J connectivity index is 1.78. The number of hydrogen-bond donors (Lipinski definition) is 0. The zero-order valence-electron chi connectivity index (χ0n) is 15.3. The van der Waals surface area contributed by atoms with Crippen LogP contribution in [-0.2, 0) is 0 Å². The second-order valence-corrected chi connectivity index (χ2v) is 7.25. The van der Waals surface area contributed by atoms with Crippen LogP contribution in [0.2, 0.25) is 0 Å². The molecule has 3 aromatic carbocycles. The number of hydrogen-bond acceptors (Lipinski definition) is 1. The van der Waals surface area contributed by atoms with Crippen molar-refractivity contribution in [2.24, 2.45) is 0 Å². The van der Waals surface area contributed by atoms with E-state index in [0.29, 0.717) is 0 Å². The number of rotatable bonds is 2. The summed E-state index contributed by atoms with van der Waals surface area (Å²) in [6, 6.07) is 32.6. The summed E-state index contributed by atoms with van der Waals surface area (Å²) in [4.78, 5) is 4.47. The maximum atomic E-state index is 4.47. The Morgan fingerprint density at radius 2 is 1.43 bits per heavy atom. The van der Waals surface area contributed by atoms with E-state index in [1.54, 1.807) is 0 Å². The maximum absolute atomic E-state index is 4.47. The number of nitrogens with zero attached hydrogens (tertiary/aromatic N) is 2. The molecule has 0 saturated heterocycles. The average molecular weight is 358 g/mol. The van der Waals surface area contributed by atoms with Crippen LogP contribution in [0.5, 0.6) is 0 Å². The third-order valence-electron chi connectivity index (χ3n) is 5.75. The van der Waals surface area contributed by atoms with Crippen molar-refractivity contribution in [2.45, 2.75) is 6.04 Å². The molecule has 0 N–H and O–H groups in total. The smallest absolute Gasteiger partial charge is 0.0852 e. The minimum atomic E-state index is 0.163. The van der Waals surface area contributed by atoms with Crippen LogP contribution in [0.4, 0.5) is 0 Å². The van der Waals surface area contributed by atoms with E-state index in [2.05, 4.69) is 101 Å². The molecule has 0 fully saturated rings. The van der Waals surface area contributed by atoms with Gasteiger partial charge in [-0.3, -0.25) is 4.98 Å². The molecule has 28 heavy (non-hydrogen) atoms. The fourth-order valence-electron chi connectivity index (χ4n) is 4.64. The van der Waals surface area contributed by atoms with Crippen LogP contribution in [0.1, 0.15) is 17.2 Å². The molecule has 3 heterocycles. The lowest BCUT2D eigenvalue weighted by molar-refractivity contribution is 0.742. The van der Waals surface area contributed by atoms with Crippen molar-refractivity contribution in [3.05, 3.63) is 115 Å². The highest BCUT2D eigenvalue weighted by atomic mass is 15.1. The quantitative estimate of drug-likeness (QED) is 0.354. The zero-order chi connectivity index (χ0) is 18.5. The van der Waals surface area contributed by atoms with Gasteiger partial charge in [0.15, 0.2) is 0 Å². The second-order valence-electron chi connectivity index (χ2n) is 7.25. The third kappa shape index (κ3) is 2.06. The third-order valence-corrected chi connectivity index (χ3v) is 5.75. The molecule has 2 heteroatoms. The highest BCUT2D eigenvalue weighted by molar-refractivity contribution is 6.06. The fourth-order valence-corrected chi connectivity index (χ4v) is 4.64. The Bertz CT molecular complexity index is 1300. The lowest BCUT2D eigenvalue weighted by atomic mass is 9.93. The molecule has 0 bridgehead atoms. The molecule has 0 spiro atoms. The van der Waals surface area contributed by atoms with Gasteiger partial charge in [0.2, 0.25) is 0 Å². The van der Waals surface area contributed by atoms with Gasteiger partial charge in [-0.05, 0) is 22.8 Å². The minimum Gasteiger partial charge on any atom is -0.327 e. The Morgan fingerprint density at radius 1 is 0.714 bits per heavy atom. The molecular formula is C26H18N2. The normalized spacial score (nSPS) is 14.8. The first kappa shape index (κ1) is 15.4. The van der Waals surface area contributed by atoms with E-state index in [0.717, 1.165) is 0 Å². The van der Waals surface area contributed by atoms with Crippen LogP contribution in [-0.4, -0.2) is 9.55 Å². The summed E-state index contributed by atoms with van der Waals surface area (Å²) in [5.74, 6) is 0. The Morgan fingerprint density at radius 3 is 2.25 bits per heavy atom. The molecule has 6 rings (SSSR count). The molecule has 0 saturated carbocycles. The van der Waals surface area contributed by atoms with Crippen molar-refractivity contribution >= 4 is 10.9 Å². The Labute approximate surface area is 163 Å². The predicted octanol–water partition coefficient (Wildman–Crippen LogP) is 6.32. The largest absolute Gasteiger partial charge is 0.327 e. The van der Waals surface area contributed by atoms with Crippen molar-refractivity contribution in [1.29, 1.82) is 0 Å². The SMILES string of the molecule is c1ccc(-c2c3n(c4cnccc24)C(c2ccccc2)c2ccccc2-3)cc1. The van der Waals surface area contributed by atoms with Crippen molar-refractivity contribution in [1.82, 2.24) is 9.55 Å². The predicted molar refractivity (Wildman–Crippen MR) is 114 cm³/mol. The molecule has 2 nitrogen and oxygen atoms in total. The van der Waals surface area contributed by atoms with Gasteiger partial charge in [0.05, 0.1) is 23.4 Å². The molecule has 0 aliphatic carbocycles. The summed E-state index contributed by atoms with van der Waals surface area (Å²) in [6.07, 6.45) is 3.90. The van der Waals surface area contributed by atoms with Crippen molar-refractivity contribution in [3.63, 3.8) is 0 Å². The van der Waals surface area contributed by atoms with Gasteiger partial charge in [0.1, 0.15) is 0 Å². The lowest BCUT2D eigenvalue weighted by Crippen LogP contribution is -2.07. The highest BCUT2D eigenvalue weighted by Gasteiger charge is 2.34. The highest BCUT2D eigenvalue weighted by Crippen LogP contribution is 2.51. The molecule has 132 valence electrons. The summed E-state index contributed by atoms with van der Waals surface area (Å²) >= 11 is 0. The van der Waals surface area contributed by atoms with Gasteiger partial charge < -0.3 is 4.57 Å². The van der Waals surface area contributed by atoms with Gasteiger partial charge in [0.25, 0.3) is 0 Å². The first-order valence-corrected chi connectivity index (χ1v) is 9.61. The first-order chi connectivity index (χ1) is 13.9. The topological polar surface area (TPSA) is 17.8 Å². The number of benzene rings is 3. The van der Waals surface area contributed by atoms with Crippen molar-refractivity contribution in [3.8, 4) is 22.4 Å². The standard InChI is InChI=1S/C26H18N2/c1-3-9-18(10-4-1)24-22-15-16-27-17-23(22)28-25(19-11-5-2-6-12-19)20-13-7-8-14-21(20)26(24)28/h1-17,25H. The molecule has 1 atom stereocenters. The molecular weight excluding hydrogens is 340 g/mol. The van der Waals surface area contributed by atoms with Gasteiger partial charge in [-0.2, -0.15) is 0 Å². The molecule has 1 aliphatic rings. The Hall–Kier alpha value is -3.65. The monoisotopic (exact) mass is 358 g/mol. The van der Waals surface area contributed by atoms with Gasteiger partial charge in [0, 0.05) is 22.7 Å². The average Bonchev–Trinajstić information content (AvgIpc) is 3.28. The van der Waals surface area contributed by atoms with Crippen LogP contribution in [0, 0.1) is 0 Å². The summed E-state index contributed by atoms with van der Waals surface area (Å²) in [5.41, 5.74) is 8.98. The van der Waals surface area contributed by atoms with E-state index in [1.807, 2.05) is 12.4 Å². The number of aromatic nitrogens is 2. The first-order valence-electron chi connectivity index (χ1n) is 9.61. The molecule has 5 aromatic rings. The fraction of sp³-hybridized carbons (Fsp3) is 0.0385. The van der Waals surface area contributed by atoms with Crippen LogP contribution in [0.25, 0.3) is 33.3 Å². The Kier molecular flexibility index (Phi) is 3.26. The van der Waals surface area contributed by atoms with Gasteiger partial charge in [-0.25, -0.2) is 0 Å². The van der Waals surface area contributed by atoms with E-state index in [1.165, 1.54) is 44.4 Å². The molecule has 0 radical (unpaired) electrons. The van der Waals surface area contributed by atoms with Crippen LogP contribution in [0.15, 0.2) is 103 Å². The molecule has 2 aromatic heterocycles. The number of pyridine rings is 1. The summed E-state index contributed by atoms with van der Waals surface area (Å²) in [5, 5.41) is 1.26. The molecule has 0 amide bonds. The van der Waals surface area contributed by atoms with E-state index >= 15 is 0 Å². The lowest BCUT2D eigenvalue weighted by Gasteiger charge is -2.17. The molecule has 1 aliphatic heterocycles.